The molecule has 0 heterocycles. The van der Waals surface area contributed by atoms with Gasteiger partial charge in [0.2, 0.25) is 0 Å². The van der Waals surface area contributed by atoms with Crippen LogP contribution in [0.5, 0.6) is 5.75 Å². The van der Waals surface area contributed by atoms with Gasteiger partial charge in [0.15, 0.2) is 0 Å². The molecule has 0 aliphatic heterocycles. The van der Waals surface area contributed by atoms with E-state index in [4.69, 9.17) is 4.74 Å². The average Bonchev–Trinajstić information content (AvgIpc) is 2.35. The van der Waals surface area contributed by atoms with Crippen LogP contribution >= 0.6 is 0 Å². The zero-order valence-electron chi connectivity index (χ0n) is 9.90. The van der Waals surface area contributed by atoms with Crippen molar-refractivity contribution in [3.05, 3.63) is 29.8 Å². The molecule has 0 saturated carbocycles. The van der Waals surface area contributed by atoms with Crippen LogP contribution in [0.25, 0.3) is 0 Å². The summed E-state index contributed by atoms with van der Waals surface area (Å²) in [4.78, 5) is 12.7. The molecule has 0 atom stereocenters. The monoisotopic (exact) mass is 223 g/mol. The molecule has 0 fully saturated rings. The predicted molar refractivity (Wildman–Crippen MR) is 61.7 cm³/mol. The Labute approximate surface area is 95.8 Å². The standard InChI is InChI=1S/C12H17NO3/c1-13(12(14)16-3)8-7-10-5-4-6-11(9-10)15-2/h4-6,9H,7-8H2,1-3H3. The molecule has 0 spiro atoms. The van der Waals surface area contributed by atoms with Crippen LogP contribution in [0.4, 0.5) is 4.79 Å². The summed E-state index contributed by atoms with van der Waals surface area (Å²) in [5.74, 6) is 0.832. The molecule has 0 bridgehead atoms. The zero-order valence-corrected chi connectivity index (χ0v) is 9.90. The van der Waals surface area contributed by atoms with Gasteiger partial charge in [-0.3, -0.25) is 0 Å². The second-order valence-electron chi connectivity index (χ2n) is 3.49. The number of rotatable bonds is 4. The first-order valence-corrected chi connectivity index (χ1v) is 5.09. The van der Waals surface area contributed by atoms with Crippen LogP contribution < -0.4 is 4.74 Å². The summed E-state index contributed by atoms with van der Waals surface area (Å²) in [6.45, 7) is 0.625. The van der Waals surface area contributed by atoms with Gasteiger partial charge in [0, 0.05) is 13.6 Å². The molecular formula is C12H17NO3. The predicted octanol–water partition coefficient (Wildman–Crippen LogP) is 1.94. The van der Waals surface area contributed by atoms with Gasteiger partial charge in [0.05, 0.1) is 14.2 Å². The third kappa shape index (κ3) is 3.46. The van der Waals surface area contributed by atoms with E-state index in [0.29, 0.717) is 6.54 Å². The Morgan fingerprint density at radius 1 is 1.38 bits per heavy atom. The molecule has 0 N–H and O–H groups in total. The fraction of sp³-hybridized carbons (Fsp3) is 0.417. The van der Waals surface area contributed by atoms with Crippen LogP contribution in [0, 0.1) is 0 Å². The molecule has 1 aromatic carbocycles. The highest BCUT2D eigenvalue weighted by atomic mass is 16.5. The van der Waals surface area contributed by atoms with E-state index in [1.54, 1.807) is 19.1 Å². The molecular weight excluding hydrogens is 206 g/mol. The topological polar surface area (TPSA) is 38.8 Å². The SMILES string of the molecule is COC(=O)N(C)CCc1cccc(OC)c1. The van der Waals surface area contributed by atoms with Gasteiger partial charge >= 0.3 is 6.09 Å². The van der Waals surface area contributed by atoms with Crippen LogP contribution in [0.2, 0.25) is 0 Å². The summed E-state index contributed by atoms with van der Waals surface area (Å²) in [5, 5.41) is 0. The lowest BCUT2D eigenvalue weighted by atomic mass is 10.1. The van der Waals surface area contributed by atoms with Crippen LogP contribution in [0.3, 0.4) is 0 Å². The number of nitrogens with zero attached hydrogens (tertiary/aromatic N) is 1. The van der Waals surface area contributed by atoms with Crippen molar-refractivity contribution in [2.24, 2.45) is 0 Å². The molecule has 1 rings (SSSR count). The number of hydrogen-bond donors (Lipinski definition) is 0. The molecule has 16 heavy (non-hydrogen) atoms. The van der Waals surface area contributed by atoms with Gasteiger partial charge in [-0.05, 0) is 24.1 Å². The summed E-state index contributed by atoms with van der Waals surface area (Å²) in [6, 6.07) is 7.80. The lowest BCUT2D eigenvalue weighted by Gasteiger charge is -2.15. The highest BCUT2D eigenvalue weighted by molar-refractivity contribution is 5.66. The molecule has 4 heteroatoms. The minimum atomic E-state index is -0.317. The minimum absolute atomic E-state index is 0.317. The number of carbonyl (C=O) groups is 1. The first-order valence-electron chi connectivity index (χ1n) is 5.09. The maximum absolute atomic E-state index is 11.1. The Hall–Kier alpha value is -1.71. The minimum Gasteiger partial charge on any atom is -0.497 e. The number of methoxy groups -OCH3 is 2. The van der Waals surface area contributed by atoms with E-state index in [1.165, 1.54) is 7.11 Å². The van der Waals surface area contributed by atoms with E-state index >= 15 is 0 Å². The summed E-state index contributed by atoms with van der Waals surface area (Å²) in [6.07, 6.45) is 0.464. The van der Waals surface area contributed by atoms with E-state index in [1.807, 2.05) is 24.3 Å². The molecule has 0 aliphatic rings. The molecule has 0 aliphatic carbocycles. The second-order valence-corrected chi connectivity index (χ2v) is 3.49. The van der Waals surface area contributed by atoms with Crippen molar-refractivity contribution in [1.82, 2.24) is 4.90 Å². The molecule has 0 unspecified atom stereocenters. The van der Waals surface area contributed by atoms with E-state index in [0.717, 1.165) is 17.7 Å². The molecule has 0 saturated heterocycles. The average molecular weight is 223 g/mol. The van der Waals surface area contributed by atoms with Gasteiger partial charge in [-0.25, -0.2) is 4.79 Å². The van der Waals surface area contributed by atoms with Gasteiger partial charge < -0.3 is 14.4 Å². The number of ether oxygens (including phenoxy) is 2. The van der Waals surface area contributed by atoms with Gasteiger partial charge in [0.25, 0.3) is 0 Å². The fourth-order valence-electron chi connectivity index (χ4n) is 1.37. The Balaban J connectivity index is 2.51. The summed E-state index contributed by atoms with van der Waals surface area (Å²) in [7, 11) is 4.73. The van der Waals surface area contributed by atoms with Crippen molar-refractivity contribution >= 4 is 6.09 Å². The molecule has 1 aromatic rings. The van der Waals surface area contributed by atoms with Gasteiger partial charge in [-0.2, -0.15) is 0 Å². The molecule has 0 radical (unpaired) electrons. The maximum Gasteiger partial charge on any atom is 0.409 e. The van der Waals surface area contributed by atoms with Crippen LogP contribution in [0.1, 0.15) is 5.56 Å². The molecule has 88 valence electrons. The third-order valence-corrected chi connectivity index (χ3v) is 2.36. The maximum atomic E-state index is 11.1. The van der Waals surface area contributed by atoms with E-state index in [2.05, 4.69) is 4.74 Å². The van der Waals surface area contributed by atoms with Crippen molar-refractivity contribution in [2.75, 3.05) is 27.8 Å². The number of hydrogen-bond acceptors (Lipinski definition) is 3. The van der Waals surface area contributed by atoms with Crippen molar-refractivity contribution in [3.8, 4) is 5.75 Å². The number of carbonyl (C=O) groups excluding carboxylic acids is 1. The first kappa shape index (κ1) is 12.4. The smallest absolute Gasteiger partial charge is 0.409 e. The Morgan fingerprint density at radius 3 is 2.75 bits per heavy atom. The zero-order chi connectivity index (χ0) is 12.0. The van der Waals surface area contributed by atoms with E-state index < -0.39 is 0 Å². The summed E-state index contributed by atoms with van der Waals surface area (Å²) < 4.78 is 9.73. The normalized spacial score (nSPS) is 9.69. The van der Waals surface area contributed by atoms with Crippen molar-refractivity contribution < 1.29 is 14.3 Å². The third-order valence-electron chi connectivity index (χ3n) is 2.36. The van der Waals surface area contributed by atoms with Crippen molar-refractivity contribution in [3.63, 3.8) is 0 Å². The lowest BCUT2D eigenvalue weighted by Crippen LogP contribution is -2.28. The van der Waals surface area contributed by atoms with Gasteiger partial charge in [-0.15, -0.1) is 0 Å². The lowest BCUT2D eigenvalue weighted by molar-refractivity contribution is 0.134. The quantitative estimate of drug-likeness (QED) is 0.783. The summed E-state index contributed by atoms with van der Waals surface area (Å²) in [5.41, 5.74) is 1.13. The number of likely N-dealkylation sites (N-methyl/N-ethyl adjacent to an activating group) is 1. The van der Waals surface area contributed by atoms with E-state index in [9.17, 15) is 4.79 Å². The fourth-order valence-corrected chi connectivity index (χ4v) is 1.37. The first-order chi connectivity index (χ1) is 7.67. The van der Waals surface area contributed by atoms with Gasteiger partial charge in [0.1, 0.15) is 5.75 Å². The van der Waals surface area contributed by atoms with Crippen molar-refractivity contribution in [1.29, 1.82) is 0 Å². The Bertz CT molecular complexity index is 352. The highest BCUT2D eigenvalue weighted by Gasteiger charge is 2.07. The second kappa shape index (κ2) is 6.00. The largest absolute Gasteiger partial charge is 0.497 e. The molecule has 4 nitrogen and oxygen atoms in total. The number of amides is 1. The Kier molecular flexibility index (Phi) is 4.64. The van der Waals surface area contributed by atoms with Gasteiger partial charge in [-0.1, -0.05) is 12.1 Å². The van der Waals surface area contributed by atoms with Crippen LogP contribution in [-0.4, -0.2) is 38.8 Å². The Morgan fingerprint density at radius 2 is 2.12 bits per heavy atom. The van der Waals surface area contributed by atoms with E-state index in [-0.39, 0.29) is 6.09 Å². The molecule has 0 aromatic heterocycles. The van der Waals surface area contributed by atoms with Crippen LogP contribution in [-0.2, 0) is 11.2 Å². The van der Waals surface area contributed by atoms with Crippen molar-refractivity contribution in [2.45, 2.75) is 6.42 Å². The summed E-state index contributed by atoms with van der Waals surface area (Å²) >= 11 is 0. The van der Waals surface area contributed by atoms with Crippen LogP contribution in [0.15, 0.2) is 24.3 Å². The highest BCUT2D eigenvalue weighted by Crippen LogP contribution is 2.13. The molecule has 1 amide bonds. The number of benzene rings is 1.